The van der Waals surface area contributed by atoms with E-state index in [4.69, 9.17) is 63.9 Å². The van der Waals surface area contributed by atoms with Crippen molar-refractivity contribution >= 4 is 65.7 Å². The van der Waals surface area contributed by atoms with Crippen molar-refractivity contribution in [1.29, 1.82) is 0 Å². The molecule has 0 heterocycles. The van der Waals surface area contributed by atoms with Crippen LogP contribution >= 0.6 is 0 Å². The molecule has 0 spiro atoms. The first-order valence-electron chi connectivity index (χ1n) is 28.4. The van der Waals surface area contributed by atoms with Gasteiger partial charge >= 0.3 is 65.7 Å². The van der Waals surface area contributed by atoms with Gasteiger partial charge in [0.05, 0.1) is 0 Å². The fraction of sp³-hybridized carbons (Fsp3) is 0.339. The molecule has 5 aromatic rings. The molecule has 0 saturated heterocycles. The van der Waals surface area contributed by atoms with Gasteiger partial charge in [-0.05, 0) is 104 Å². The lowest BCUT2D eigenvalue weighted by Gasteiger charge is -2.22. The van der Waals surface area contributed by atoms with Crippen LogP contribution in [0.4, 0.5) is 0 Å². The summed E-state index contributed by atoms with van der Waals surface area (Å²) < 4.78 is 57.5. The van der Waals surface area contributed by atoms with E-state index >= 15 is 0 Å². The summed E-state index contributed by atoms with van der Waals surface area (Å²) >= 11 is 0. The SMILES string of the molecule is NCCCCC(N)C(=O)O.O=C(O)COc1cc2c(OCC(=O)O)cc1CCc1cc(OCC(=O)O)c(cc1OCC(=O)O)Cc1cc(OCC(=O)O)c(cc1OCC(=O)O)Cc1cc(OCC(=O)O)c(cc1OCC(=O)O)Cc1cc(OCC(=O)O)c(cc1OCC(=O)O)C2. The Bertz CT molecular complexity index is 3490. The first kappa shape index (κ1) is 74.9. The van der Waals surface area contributed by atoms with Crippen molar-refractivity contribution in [2.75, 3.05) is 72.6 Å². The Kier molecular flexibility index (Phi) is 28.4. The number of nitrogens with two attached hydrogens (primary N) is 2. The Hall–Kier alpha value is -11.8. The molecule has 11 aliphatic rings. The number of carbonyl (C=O) groups is 11. The van der Waals surface area contributed by atoms with E-state index in [1.807, 2.05) is 0 Å². The van der Waals surface area contributed by atoms with E-state index < -0.39 is 163 Å². The number of hydrogen-bond donors (Lipinski definition) is 13. The van der Waals surface area contributed by atoms with E-state index in [9.17, 15) is 104 Å². The molecule has 516 valence electrons. The van der Waals surface area contributed by atoms with E-state index in [-0.39, 0.29) is 126 Å². The van der Waals surface area contributed by atoms with Crippen LogP contribution in [0.3, 0.4) is 0 Å². The second-order valence-corrected chi connectivity index (χ2v) is 20.6. The summed E-state index contributed by atoms with van der Waals surface area (Å²) in [7, 11) is 0. The third-order valence-corrected chi connectivity index (χ3v) is 13.2. The molecule has 0 amide bonds. The van der Waals surface area contributed by atoms with Gasteiger partial charge in [-0.1, -0.05) is 6.42 Å². The average Bonchev–Trinajstić information content (AvgIpc) is 0.825. The van der Waals surface area contributed by atoms with Crippen LogP contribution < -0.4 is 58.8 Å². The fourth-order valence-electron chi connectivity index (χ4n) is 9.18. The quantitative estimate of drug-likeness (QED) is 0.0259. The monoisotopic (exact) mass is 1350 g/mol. The molecule has 0 radical (unpaired) electrons. The summed E-state index contributed by atoms with van der Waals surface area (Å²) in [6.45, 7) is -9.47. The maximum Gasteiger partial charge on any atom is 0.341 e. The number of ether oxygens (including phenoxy) is 10. The Morgan fingerprint density at radius 3 is 0.583 bits per heavy atom. The smallest absolute Gasteiger partial charge is 0.341 e. The predicted octanol–water partition coefficient (Wildman–Crippen LogP) is 2.31. The summed E-state index contributed by atoms with van der Waals surface area (Å²) in [5.41, 5.74) is 10.5. The molecule has 0 aromatic heterocycles. The van der Waals surface area contributed by atoms with Crippen molar-refractivity contribution in [3.8, 4) is 57.5 Å². The summed E-state index contributed by atoms with van der Waals surface area (Å²) in [5, 5.41) is 106. The van der Waals surface area contributed by atoms with Crippen LogP contribution in [0.1, 0.15) is 74.9 Å². The third kappa shape index (κ3) is 24.7. The highest BCUT2D eigenvalue weighted by Crippen LogP contribution is 2.43. The van der Waals surface area contributed by atoms with Crippen molar-refractivity contribution in [1.82, 2.24) is 0 Å². The number of carboxylic acids is 11. The van der Waals surface area contributed by atoms with Gasteiger partial charge in [-0.3, -0.25) is 4.79 Å². The van der Waals surface area contributed by atoms with Crippen LogP contribution in [0, 0.1) is 0 Å². The number of carboxylic acid groups (broad SMARTS) is 11. The molecule has 15 N–H and O–H groups in total. The van der Waals surface area contributed by atoms with Crippen molar-refractivity contribution in [2.45, 2.75) is 63.8 Å². The van der Waals surface area contributed by atoms with Crippen molar-refractivity contribution in [3.63, 3.8) is 0 Å². The highest BCUT2D eigenvalue weighted by atomic mass is 16.5. The average molecular weight is 1350 g/mol. The number of unbranched alkanes of at least 4 members (excludes halogenated alkanes) is 1. The number of aliphatic carboxylic acids is 11. The Morgan fingerprint density at radius 1 is 0.281 bits per heavy atom. The summed E-state index contributed by atoms with van der Waals surface area (Å²) in [4.78, 5) is 131. The molecule has 96 heavy (non-hydrogen) atoms. The van der Waals surface area contributed by atoms with Crippen molar-refractivity contribution in [2.24, 2.45) is 11.5 Å². The lowest BCUT2D eigenvalue weighted by atomic mass is 9.93. The Labute approximate surface area is 542 Å². The molecule has 0 saturated carbocycles. The normalized spacial score (nSPS) is 11.8. The van der Waals surface area contributed by atoms with Crippen LogP contribution in [0.5, 0.6) is 57.5 Å². The highest BCUT2D eigenvalue weighted by Gasteiger charge is 2.27. The van der Waals surface area contributed by atoms with Gasteiger partial charge in [0.2, 0.25) is 0 Å². The molecular weight excluding hydrogens is 1280 g/mol. The number of benzene rings is 5. The van der Waals surface area contributed by atoms with Gasteiger partial charge < -0.3 is 115 Å². The zero-order valence-corrected chi connectivity index (χ0v) is 50.6. The molecule has 10 bridgehead atoms. The molecule has 1 unspecified atom stereocenters. The second-order valence-electron chi connectivity index (χ2n) is 20.6. The third-order valence-electron chi connectivity index (χ3n) is 13.2. The zero-order chi connectivity index (χ0) is 70.8. The standard InChI is InChI=1S/C56H52O30.C6H14N2O2/c57-47(58)17-77-37-9-29-3-31-11-43(83-23-53(69)70)33(13-41(31)81-21-51(65)66)5-35-15-46(86-26-56(75)76)36(16-45(35)85-25-55(73)74)6-34-14-42(82-22-52(67)68)32(12-44(34)84-24-54(71)72)4-30-10-38(78-18-48(59)60)28(8-40(30)80-20-50(63)64)2-1-27(37)7-39(29)79-19-49(61)62;7-4-2-1-3-5(8)6(9)10/h7-16H,1-6,17-26H2,(H,57,58)(H,59,60)(H,61,62)(H,63,64)(H,65,66)(H,67,68)(H,69,70)(H,71,72)(H,73,74)(H,75,76);5H,1-4,7-8H2,(H,9,10). The maximum atomic E-state index is 12.1. The summed E-state index contributed by atoms with van der Waals surface area (Å²) in [6.07, 6.45) is -0.0748. The van der Waals surface area contributed by atoms with Crippen molar-refractivity contribution < 1.29 is 156 Å². The Balaban J connectivity index is 0.00000153. The number of rotatable bonds is 35. The summed E-state index contributed by atoms with van der Waals surface area (Å²) in [6, 6.07) is 11.6. The van der Waals surface area contributed by atoms with Crippen molar-refractivity contribution in [3.05, 3.63) is 116 Å². The van der Waals surface area contributed by atoms with Gasteiger partial charge in [0.25, 0.3) is 0 Å². The van der Waals surface area contributed by atoms with E-state index in [2.05, 4.69) is 0 Å². The molecule has 34 heteroatoms. The van der Waals surface area contributed by atoms with Crippen LogP contribution in [-0.4, -0.2) is 200 Å². The first-order chi connectivity index (χ1) is 45.5. The van der Waals surface area contributed by atoms with E-state index in [0.29, 0.717) is 13.0 Å². The molecule has 0 aliphatic heterocycles. The topological polar surface area (TPSA) is 555 Å². The minimum absolute atomic E-state index is 0.00929. The first-order valence-corrected chi connectivity index (χ1v) is 28.4. The predicted molar refractivity (Wildman–Crippen MR) is 321 cm³/mol. The second kappa shape index (κ2) is 36.4. The summed E-state index contributed by atoms with van der Waals surface area (Å²) in [5.74, 6) is -18.1. The number of aryl methyl sites for hydroxylation is 2. The van der Waals surface area contributed by atoms with Gasteiger partial charge in [-0.15, -0.1) is 0 Å². The minimum atomic E-state index is -1.50. The van der Waals surface area contributed by atoms with Gasteiger partial charge in [0.15, 0.2) is 66.1 Å². The fourth-order valence-corrected chi connectivity index (χ4v) is 9.18. The van der Waals surface area contributed by atoms with Crippen LogP contribution in [0.25, 0.3) is 0 Å². The van der Waals surface area contributed by atoms with Crippen LogP contribution in [-0.2, 0) is 91.3 Å². The minimum Gasteiger partial charge on any atom is -0.482 e. The number of hydrogen-bond acceptors (Lipinski definition) is 23. The maximum absolute atomic E-state index is 12.1. The van der Waals surface area contributed by atoms with E-state index in [1.165, 1.54) is 60.7 Å². The molecule has 0 fully saturated rings. The molecule has 16 rings (SSSR count). The largest absolute Gasteiger partial charge is 0.482 e. The Morgan fingerprint density at radius 2 is 0.438 bits per heavy atom. The molecular formula is C62H66N2O32. The lowest BCUT2D eigenvalue weighted by Crippen LogP contribution is -2.29. The van der Waals surface area contributed by atoms with Crippen LogP contribution in [0.15, 0.2) is 60.7 Å². The molecule has 1 atom stereocenters. The molecule has 5 aromatic carbocycles. The molecule has 34 nitrogen and oxygen atoms in total. The van der Waals surface area contributed by atoms with Gasteiger partial charge in [-0.25, -0.2) is 47.9 Å². The van der Waals surface area contributed by atoms with E-state index in [1.54, 1.807) is 0 Å². The lowest BCUT2D eigenvalue weighted by molar-refractivity contribution is -0.140. The van der Waals surface area contributed by atoms with E-state index in [0.717, 1.165) is 12.8 Å². The van der Waals surface area contributed by atoms with Gasteiger partial charge in [-0.2, -0.15) is 0 Å². The van der Waals surface area contributed by atoms with Crippen LogP contribution in [0.2, 0.25) is 0 Å². The van der Waals surface area contributed by atoms with Gasteiger partial charge in [0, 0.05) is 70.2 Å². The molecule has 11 aliphatic carbocycles. The zero-order valence-electron chi connectivity index (χ0n) is 50.6. The van der Waals surface area contributed by atoms with Gasteiger partial charge in [0.1, 0.15) is 63.5 Å². The highest BCUT2D eigenvalue weighted by molar-refractivity contribution is 5.74.